The van der Waals surface area contributed by atoms with E-state index in [1.807, 2.05) is 0 Å². The van der Waals surface area contributed by atoms with Gasteiger partial charge in [0.2, 0.25) is 0 Å². The quantitative estimate of drug-likeness (QED) is 0.129. The summed E-state index contributed by atoms with van der Waals surface area (Å²) in [5.74, 6) is 0. The molecule has 0 aliphatic rings. The van der Waals surface area contributed by atoms with Crippen molar-refractivity contribution >= 4 is 18.2 Å². The molecule has 0 saturated heterocycles. The van der Waals surface area contributed by atoms with Gasteiger partial charge in [0.15, 0.2) is 0 Å². The van der Waals surface area contributed by atoms with Gasteiger partial charge in [-0.05, 0) is 0 Å². The molecule has 0 atom stereocenters. The summed E-state index contributed by atoms with van der Waals surface area (Å²) in [4.78, 5) is 0. The monoisotopic (exact) mass is 496 g/mol. The second-order valence-electron chi connectivity index (χ2n) is 5.76. The molecule has 0 fully saturated rings. The summed E-state index contributed by atoms with van der Waals surface area (Å²) in [5, 5.41) is 0. The predicted octanol–water partition coefficient (Wildman–Crippen LogP) is 1.76. The smallest absolute Gasteiger partial charge is 0.382 e. The average molecular weight is 497 g/mol. The Kier molecular flexibility index (Phi) is 24.9. The van der Waals surface area contributed by atoms with Gasteiger partial charge in [-0.15, -0.1) is 0 Å². The zero-order valence-electron chi connectivity index (χ0n) is 18.6. The van der Waals surface area contributed by atoms with Gasteiger partial charge < -0.3 is 37.9 Å². The summed E-state index contributed by atoms with van der Waals surface area (Å²) in [7, 11) is 3.24. The van der Waals surface area contributed by atoms with Crippen molar-refractivity contribution in [3.8, 4) is 0 Å². The van der Waals surface area contributed by atoms with Gasteiger partial charge in [-0.3, -0.25) is 9.05 Å². The molecule has 0 saturated carbocycles. The van der Waals surface area contributed by atoms with Crippen molar-refractivity contribution in [2.75, 3.05) is 120 Å². The number of methoxy groups -OCH3 is 2. The minimum absolute atomic E-state index is 0.0437. The molecule has 11 nitrogen and oxygen atoms in total. The third-order valence-corrected chi connectivity index (χ3v) is 4.87. The van der Waals surface area contributed by atoms with Crippen molar-refractivity contribution in [2.45, 2.75) is 0 Å². The van der Waals surface area contributed by atoms with Crippen LogP contribution in [0, 0.1) is 0 Å². The minimum atomic E-state index is -3.66. The lowest BCUT2D eigenvalue weighted by Crippen LogP contribution is -2.13. The molecule has 0 aliphatic carbocycles. The molecule has 0 unspecified atom stereocenters. The molecule has 188 valence electrons. The first-order valence-electron chi connectivity index (χ1n) is 10.2. The zero-order chi connectivity index (χ0) is 22.9. The van der Waals surface area contributed by atoms with Crippen LogP contribution in [0.3, 0.4) is 0 Å². The highest BCUT2D eigenvalue weighted by molar-refractivity contribution is 7.81. The average Bonchev–Trinajstić information content (AvgIpc) is 2.75. The van der Waals surface area contributed by atoms with Crippen molar-refractivity contribution in [1.82, 2.24) is 0 Å². The summed E-state index contributed by atoms with van der Waals surface area (Å²) < 4.78 is 63.3. The maximum atomic E-state index is 11.9. The van der Waals surface area contributed by atoms with E-state index in [-0.39, 0.29) is 26.4 Å². The van der Waals surface area contributed by atoms with E-state index in [9.17, 15) is 4.57 Å². The molecule has 0 aromatic heterocycles. The summed E-state index contributed by atoms with van der Waals surface area (Å²) in [5.41, 5.74) is 0. The third-order valence-electron chi connectivity index (χ3n) is 3.30. The van der Waals surface area contributed by atoms with E-state index in [1.54, 1.807) is 14.2 Å². The topological polar surface area (TPSA) is 109 Å². The fourth-order valence-electron chi connectivity index (χ4n) is 1.82. The standard InChI is InChI=1S/C18H38ClO11P/c1-21-3-5-23-7-9-25-11-13-27-15-17-29-31(19,20)30-18-16-28-14-12-26-10-8-24-6-4-22-2/h3-18H2,1-2H3. The van der Waals surface area contributed by atoms with Crippen molar-refractivity contribution in [3.63, 3.8) is 0 Å². The molecule has 0 radical (unpaired) electrons. The van der Waals surface area contributed by atoms with E-state index < -0.39 is 6.95 Å². The lowest BCUT2D eigenvalue weighted by molar-refractivity contribution is -0.00272. The van der Waals surface area contributed by atoms with E-state index in [0.29, 0.717) is 79.3 Å². The molecule has 0 amide bonds. The van der Waals surface area contributed by atoms with Gasteiger partial charge in [0.05, 0.1) is 106 Å². The van der Waals surface area contributed by atoms with Crippen molar-refractivity contribution in [2.24, 2.45) is 0 Å². The van der Waals surface area contributed by atoms with Crippen molar-refractivity contribution in [3.05, 3.63) is 0 Å². The molecule has 0 bridgehead atoms. The molecule has 0 N–H and O–H groups in total. The lowest BCUT2D eigenvalue weighted by Gasteiger charge is -2.12. The van der Waals surface area contributed by atoms with Gasteiger partial charge in [0.25, 0.3) is 0 Å². The maximum absolute atomic E-state index is 11.9. The Morgan fingerprint density at radius 2 is 0.677 bits per heavy atom. The number of hydrogen-bond donors (Lipinski definition) is 0. The van der Waals surface area contributed by atoms with Crippen LogP contribution in [0.25, 0.3) is 0 Å². The fraction of sp³-hybridized carbons (Fsp3) is 1.00. The van der Waals surface area contributed by atoms with Crippen LogP contribution in [-0.4, -0.2) is 120 Å². The first-order chi connectivity index (χ1) is 15.1. The van der Waals surface area contributed by atoms with Crippen LogP contribution in [-0.2, 0) is 51.5 Å². The second kappa shape index (κ2) is 24.8. The molecular formula is C18H38ClO11P. The Balaban J connectivity index is 3.30. The van der Waals surface area contributed by atoms with Crippen LogP contribution in [0.5, 0.6) is 0 Å². The van der Waals surface area contributed by atoms with E-state index in [1.165, 1.54) is 0 Å². The molecule has 0 spiro atoms. The summed E-state index contributed by atoms with van der Waals surface area (Å²) >= 11 is 5.71. The van der Waals surface area contributed by atoms with Gasteiger partial charge in [0, 0.05) is 25.5 Å². The third kappa shape index (κ3) is 26.3. The first-order valence-corrected chi connectivity index (χ1v) is 12.6. The van der Waals surface area contributed by atoms with Gasteiger partial charge >= 0.3 is 6.95 Å². The number of hydrogen-bond acceptors (Lipinski definition) is 11. The van der Waals surface area contributed by atoms with Gasteiger partial charge in [-0.1, -0.05) is 0 Å². The molecule has 0 rings (SSSR count). The molecule has 13 heteroatoms. The van der Waals surface area contributed by atoms with E-state index >= 15 is 0 Å². The van der Waals surface area contributed by atoms with Crippen LogP contribution >= 0.6 is 18.2 Å². The molecule has 0 heterocycles. The Bertz CT molecular complexity index is 375. The van der Waals surface area contributed by atoms with Crippen LogP contribution in [0.1, 0.15) is 0 Å². The predicted molar refractivity (Wildman–Crippen MR) is 114 cm³/mol. The minimum Gasteiger partial charge on any atom is -0.382 e. The number of ether oxygens (including phenoxy) is 8. The van der Waals surface area contributed by atoms with Crippen LogP contribution in [0.15, 0.2) is 0 Å². The first kappa shape index (κ1) is 31.1. The number of rotatable bonds is 26. The highest BCUT2D eigenvalue weighted by Crippen LogP contribution is 2.53. The van der Waals surface area contributed by atoms with Crippen LogP contribution < -0.4 is 0 Å². The maximum Gasteiger partial charge on any atom is 0.424 e. The van der Waals surface area contributed by atoms with Crippen molar-refractivity contribution in [1.29, 1.82) is 0 Å². The van der Waals surface area contributed by atoms with E-state index in [0.717, 1.165) is 0 Å². The van der Waals surface area contributed by atoms with Gasteiger partial charge in [0.1, 0.15) is 0 Å². The summed E-state index contributed by atoms with van der Waals surface area (Å²) in [6.45, 7) is 2.63. The second-order valence-corrected chi connectivity index (χ2v) is 8.38. The molecule has 0 aromatic carbocycles. The number of halogens is 1. The van der Waals surface area contributed by atoms with E-state index in [2.05, 4.69) is 0 Å². The normalized spacial score (nSPS) is 12.0. The SMILES string of the molecule is COCCOCCOCCOCCOP(=O)(Cl)OCCOCCOCCOCCOC. The molecule has 0 aliphatic heterocycles. The largest absolute Gasteiger partial charge is 0.424 e. The molecule has 31 heavy (non-hydrogen) atoms. The summed E-state index contributed by atoms with van der Waals surface area (Å²) in [6, 6.07) is 0. The Morgan fingerprint density at radius 1 is 0.452 bits per heavy atom. The zero-order valence-corrected chi connectivity index (χ0v) is 20.3. The highest BCUT2D eigenvalue weighted by atomic mass is 35.7. The van der Waals surface area contributed by atoms with Crippen LogP contribution in [0.4, 0.5) is 0 Å². The van der Waals surface area contributed by atoms with Gasteiger partial charge in [-0.2, -0.15) is 0 Å². The highest BCUT2D eigenvalue weighted by Gasteiger charge is 2.20. The Morgan fingerprint density at radius 3 is 0.935 bits per heavy atom. The Hall–Kier alpha value is 0.120. The molecular weight excluding hydrogens is 459 g/mol. The van der Waals surface area contributed by atoms with Crippen molar-refractivity contribution < 1.29 is 51.5 Å². The van der Waals surface area contributed by atoms with Crippen LogP contribution in [0.2, 0.25) is 0 Å². The Labute approximate surface area is 190 Å². The lowest BCUT2D eigenvalue weighted by atomic mass is 10.7. The summed E-state index contributed by atoms with van der Waals surface area (Å²) in [6.07, 6.45) is 0. The van der Waals surface area contributed by atoms with Gasteiger partial charge in [-0.25, -0.2) is 4.57 Å². The fourth-order valence-corrected chi connectivity index (χ4v) is 2.89. The molecule has 0 aromatic rings. The van der Waals surface area contributed by atoms with E-state index in [4.69, 9.17) is 58.2 Å².